The summed E-state index contributed by atoms with van der Waals surface area (Å²) in [6, 6.07) is 15.5. The Balaban J connectivity index is 1.61. The number of benzene rings is 2. The van der Waals surface area contributed by atoms with E-state index in [1.165, 1.54) is 4.31 Å². The molecule has 0 aromatic heterocycles. The molecule has 1 aliphatic heterocycles. The van der Waals surface area contributed by atoms with Crippen LogP contribution in [0.25, 0.3) is 0 Å². The Kier molecular flexibility index (Phi) is 5.41. The second-order valence-corrected chi connectivity index (χ2v) is 8.50. The average Bonchev–Trinajstić information content (AvgIpc) is 2.62. The summed E-state index contributed by atoms with van der Waals surface area (Å²) in [4.78, 5) is 14.2. The fraction of sp³-hybridized carbons (Fsp3) is 0.235. The molecular formula is C17H18BrN3O3S. The number of carbonyl (C=O) groups is 1. The van der Waals surface area contributed by atoms with E-state index < -0.39 is 10.0 Å². The highest BCUT2D eigenvalue weighted by Crippen LogP contribution is 2.19. The fourth-order valence-electron chi connectivity index (χ4n) is 2.64. The summed E-state index contributed by atoms with van der Waals surface area (Å²) >= 11 is 3.36. The number of amides is 2. The quantitative estimate of drug-likeness (QED) is 0.824. The van der Waals surface area contributed by atoms with E-state index >= 15 is 0 Å². The van der Waals surface area contributed by atoms with Crippen LogP contribution in [0.3, 0.4) is 0 Å². The standard InChI is InChI=1S/C17H18BrN3O3S/c18-14-5-4-6-15(13-14)19-17(22)20-9-11-21(12-10-20)25(23,24)16-7-2-1-3-8-16/h1-8,13H,9-12H2,(H,19,22). The van der Waals surface area contributed by atoms with Gasteiger partial charge in [-0.1, -0.05) is 40.2 Å². The Hall–Kier alpha value is -1.90. The van der Waals surface area contributed by atoms with Gasteiger partial charge in [0.15, 0.2) is 0 Å². The number of hydrogen-bond donors (Lipinski definition) is 1. The monoisotopic (exact) mass is 423 g/mol. The molecule has 1 N–H and O–H groups in total. The van der Waals surface area contributed by atoms with Gasteiger partial charge in [0.25, 0.3) is 0 Å². The van der Waals surface area contributed by atoms with Gasteiger partial charge in [-0.15, -0.1) is 0 Å². The van der Waals surface area contributed by atoms with Crippen molar-refractivity contribution in [1.82, 2.24) is 9.21 Å². The lowest BCUT2D eigenvalue weighted by Gasteiger charge is -2.34. The minimum atomic E-state index is -3.51. The molecular weight excluding hydrogens is 406 g/mol. The third-order valence-electron chi connectivity index (χ3n) is 3.98. The van der Waals surface area contributed by atoms with Crippen LogP contribution in [-0.4, -0.2) is 49.8 Å². The van der Waals surface area contributed by atoms with Gasteiger partial charge in [0.1, 0.15) is 0 Å². The summed E-state index contributed by atoms with van der Waals surface area (Å²) in [6.07, 6.45) is 0. The zero-order valence-electron chi connectivity index (χ0n) is 13.4. The summed E-state index contributed by atoms with van der Waals surface area (Å²) in [6.45, 7) is 1.27. The van der Waals surface area contributed by atoms with E-state index in [2.05, 4.69) is 21.2 Å². The van der Waals surface area contributed by atoms with Gasteiger partial charge in [-0.25, -0.2) is 13.2 Å². The minimum absolute atomic E-state index is 0.227. The van der Waals surface area contributed by atoms with Gasteiger partial charge in [-0.05, 0) is 30.3 Å². The van der Waals surface area contributed by atoms with Crippen LogP contribution in [0, 0.1) is 0 Å². The Morgan fingerprint density at radius 3 is 2.28 bits per heavy atom. The van der Waals surface area contributed by atoms with Gasteiger partial charge < -0.3 is 10.2 Å². The molecule has 1 fully saturated rings. The van der Waals surface area contributed by atoms with Gasteiger partial charge in [-0.3, -0.25) is 0 Å². The number of anilines is 1. The van der Waals surface area contributed by atoms with Crippen LogP contribution < -0.4 is 5.32 Å². The van der Waals surface area contributed by atoms with Crippen molar-refractivity contribution in [3.05, 3.63) is 59.1 Å². The van der Waals surface area contributed by atoms with Crippen molar-refractivity contribution in [3.8, 4) is 0 Å². The zero-order valence-corrected chi connectivity index (χ0v) is 15.8. The van der Waals surface area contributed by atoms with Crippen molar-refractivity contribution in [2.45, 2.75) is 4.90 Å². The van der Waals surface area contributed by atoms with Crippen molar-refractivity contribution in [2.24, 2.45) is 0 Å². The van der Waals surface area contributed by atoms with E-state index in [1.807, 2.05) is 18.2 Å². The van der Waals surface area contributed by atoms with E-state index in [-0.39, 0.29) is 24.0 Å². The second kappa shape index (κ2) is 7.55. The average molecular weight is 424 g/mol. The molecule has 1 aliphatic rings. The van der Waals surface area contributed by atoms with Gasteiger partial charge in [0.05, 0.1) is 4.90 Å². The van der Waals surface area contributed by atoms with Crippen LogP contribution in [0.1, 0.15) is 0 Å². The molecule has 3 rings (SSSR count). The SMILES string of the molecule is O=C(Nc1cccc(Br)c1)N1CCN(S(=O)(=O)c2ccccc2)CC1. The number of nitrogens with one attached hydrogen (secondary N) is 1. The Labute approximate surface area is 155 Å². The molecule has 132 valence electrons. The van der Waals surface area contributed by atoms with Gasteiger partial charge >= 0.3 is 6.03 Å². The molecule has 2 aromatic carbocycles. The molecule has 6 nitrogen and oxygen atoms in total. The Morgan fingerprint density at radius 1 is 0.960 bits per heavy atom. The molecule has 1 saturated heterocycles. The number of halogens is 1. The topological polar surface area (TPSA) is 69.7 Å². The van der Waals surface area contributed by atoms with Crippen molar-refractivity contribution >= 4 is 37.7 Å². The largest absolute Gasteiger partial charge is 0.322 e. The van der Waals surface area contributed by atoms with E-state index in [0.29, 0.717) is 18.8 Å². The van der Waals surface area contributed by atoms with Crippen LogP contribution >= 0.6 is 15.9 Å². The third kappa shape index (κ3) is 4.20. The molecule has 1 heterocycles. The normalized spacial score (nSPS) is 15.8. The van der Waals surface area contributed by atoms with Crippen LogP contribution in [-0.2, 0) is 10.0 Å². The van der Waals surface area contributed by atoms with Crippen LogP contribution in [0.5, 0.6) is 0 Å². The van der Waals surface area contributed by atoms with E-state index in [4.69, 9.17) is 0 Å². The number of piperazine rings is 1. The fourth-order valence-corrected chi connectivity index (χ4v) is 4.48. The number of hydrogen-bond acceptors (Lipinski definition) is 3. The molecule has 25 heavy (non-hydrogen) atoms. The number of nitrogens with zero attached hydrogens (tertiary/aromatic N) is 2. The second-order valence-electron chi connectivity index (χ2n) is 5.64. The number of carbonyl (C=O) groups excluding carboxylic acids is 1. The summed E-state index contributed by atoms with van der Waals surface area (Å²) in [7, 11) is -3.51. The molecule has 0 aliphatic carbocycles. The number of sulfonamides is 1. The number of urea groups is 1. The summed E-state index contributed by atoms with van der Waals surface area (Å²) in [5.41, 5.74) is 0.693. The highest BCUT2D eigenvalue weighted by molar-refractivity contribution is 9.10. The summed E-state index contributed by atoms with van der Waals surface area (Å²) in [5, 5.41) is 2.83. The van der Waals surface area contributed by atoms with Crippen LogP contribution in [0.4, 0.5) is 10.5 Å². The molecule has 0 spiro atoms. The lowest BCUT2D eigenvalue weighted by Crippen LogP contribution is -2.51. The summed E-state index contributed by atoms with van der Waals surface area (Å²) in [5.74, 6) is 0. The predicted octanol–water partition coefficient (Wildman–Crippen LogP) is 2.99. The molecule has 2 amide bonds. The number of rotatable bonds is 3. The lowest BCUT2D eigenvalue weighted by atomic mass is 10.3. The minimum Gasteiger partial charge on any atom is -0.322 e. The van der Waals surface area contributed by atoms with Crippen molar-refractivity contribution in [2.75, 3.05) is 31.5 Å². The molecule has 8 heteroatoms. The first-order valence-corrected chi connectivity index (χ1v) is 10.1. The molecule has 0 radical (unpaired) electrons. The molecule has 0 bridgehead atoms. The summed E-state index contributed by atoms with van der Waals surface area (Å²) < 4.78 is 27.5. The van der Waals surface area contributed by atoms with E-state index in [0.717, 1.165) is 4.47 Å². The van der Waals surface area contributed by atoms with Gasteiger partial charge in [-0.2, -0.15) is 4.31 Å². The van der Waals surface area contributed by atoms with Gasteiger partial charge in [0, 0.05) is 36.3 Å². The highest BCUT2D eigenvalue weighted by Gasteiger charge is 2.29. The van der Waals surface area contributed by atoms with Crippen molar-refractivity contribution < 1.29 is 13.2 Å². The first-order chi connectivity index (χ1) is 12.0. The highest BCUT2D eigenvalue weighted by atomic mass is 79.9. The van der Waals surface area contributed by atoms with Gasteiger partial charge in [0.2, 0.25) is 10.0 Å². The predicted molar refractivity (Wildman–Crippen MR) is 99.9 cm³/mol. The van der Waals surface area contributed by atoms with Crippen molar-refractivity contribution in [3.63, 3.8) is 0 Å². The zero-order chi connectivity index (χ0) is 17.9. The maximum absolute atomic E-state index is 12.6. The maximum Gasteiger partial charge on any atom is 0.321 e. The van der Waals surface area contributed by atoms with E-state index in [1.54, 1.807) is 41.3 Å². The van der Waals surface area contributed by atoms with Crippen molar-refractivity contribution in [1.29, 1.82) is 0 Å². The molecule has 0 unspecified atom stereocenters. The van der Waals surface area contributed by atoms with E-state index in [9.17, 15) is 13.2 Å². The Morgan fingerprint density at radius 2 is 1.64 bits per heavy atom. The van der Waals surface area contributed by atoms with Crippen LogP contribution in [0.2, 0.25) is 0 Å². The van der Waals surface area contributed by atoms with Crippen LogP contribution in [0.15, 0.2) is 64.0 Å². The first-order valence-electron chi connectivity index (χ1n) is 7.83. The Bertz CT molecular complexity index is 850. The molecule has 0 saturated carbocycles. The first kappa shape index (κ1) is 17.9. The smallest absolute Gasteiger partial charge is 0.321 e. The lowest BCUT2D eigenvalue weighted by molar-refractivity contribution is 0.184. The maximum atomic E-state index is 12.6. The molecule has 0 atom stereocenters. The third-order valence-corrected chi connectivity index (χ3v) is 6.39. The molecule has 2 aromatic rings.